The van der Waals surface area contributed by atoms with Gasteiger partial charge >= 0.3 is 0 Å². The van der Waals surface area contributed by atoms with Crippen LogP contribution in [0.15, 0.2) is 0 Å². The van der Waals surface area contributed by atoms with Gasteiger partial charge in [-0.1, -0.05) is 13.8 Å². The Morgan fingerprint density at radius 3 is 2.87 bits per heavy atom. The monoisotopic (exact) mass is 215 g/mol. The molecule has 0 aromatic heterocycles. The molecule has 0 bridgehead atoms. The van der Waals surface area contributed by atoms with Crippen molar-refractivity contribution in [2.24, 2.45) is 5.41 Å². The molecule has 15 heavy (non-hydrogen) atoms. The first kappa shape index (κ1) is 12.9. The molecule has 1 heterocycles. The summed E-state index contributed by atoms with van der Waals surface area (Å²) in [6.45, 7) is 10.6. The zero-order valence-corrected chi connectivity index (χ0v) is 10.3. The first-order valence-electron chi connectivity index (χ1n) is 6.04. The molecule has 2 atom stereocenters. The van der Waals surface area contributed by atoms with Crippen molar-refractivity contribution < 1.29 is 9.84 Å². The smallest absolute Gasteiger partial charge is 0.0673 e. The van der Waals surface area contributed by atoms with E-state index in [-0.39, 0.29) is 12.0 Å². The van der Waals surface area contributed by atoms with Gasteiger partial charge in [0.05, 0.1) is 6.10 Å². The van der Waals surface area contributed by atoms with Crippen molar-refractivity contribution in [2.75, 3.05) is 32.8 Å². The molecular weight excluding hydrogens is 190 g/mol. The van der Waals surface area contributed by atoms with Crippen LogP contribution < -0.4 is 0 Å². The fourth-order valence-electron chi connectivity index (χ4n) is 2.04. The summed E-state index contributed by atoms with van der Waals surface area (Å²) in [6.07, 6.45) is 2.46. The fraction of sp³-hybridized carbons (Fsp3) is 1.00. The molecule has 1 aliphatic rings. The lowest BCUT2D eigenvalue weighted by atomic mass is 9.88. The van der Waals surface area contributed by atoms with Crippen LogP contribution in [0.25, 0.3) is 0 Å². The van der Waals surface area contributed by atoms with Crippen LogP contribution in [0.3, 0.4) is 0 Å². The molecule has 0 saturated carbocycles. The molecule has 0 aromatic carbocycles. The maximum atomic E-state index is 9.39. The van der Waals surface area contributed by atoms with Crippen molar-refractivity contribution in [1.82, 2.24) is 4.90 Å². The van der Waals surface area contributed by atoms with Crippen LogP contribution in [0.5, 0.6) is 0 Å². The van der Waals surface area contributed by atoms with Gasteiger partial charge in [-0.15, -0.1) is 0 Å². The summed E-state index contributed by atoms with van der Waals surface area (Å²) >= 11 is 0. The summed E-state index contributed by atoms with van der Waals surface area (Å²) in [5.41, 5.74) is 0.0457. The van der Waals surface area contributed by atoms with E-state index in [2.05, 4.69) is 25.7 Å². The summed E-state index contributed by atoms with van der Waals surface area (Å²) in [6, 6.07) is 0. The van der Waals surface area contributed by atoms with Crippen molar-refractivity contribution in [3.63, 3.8) is 0 Å². The van der Waals surface area contributed by atoms with E-state index < -0.39 is 0 Å². The lowest BCUT2D eigenvalue weighted by molar-refractivity contribution is 0.0482. The SMILES string of the molecule is CCC(C)(CO)CN1CCCOC(C)C1. The van der Waals surface area contributed by atoms with Crippen molar-refractivity contribution >= 4 is 0 Å². The Morgan fingerprint density at radius 1 is 1.53 bits per heavy atom. The van der Waals surface area contributed by atoms with E-state index in [1.807, 2.05) is 0 Å². The Balaban J connectivity index is 2.47. The number of hydrogen-bond donors (Lipinski definition) is 1. The lowest BCUT2D eigenvalue weighted by Gasteiger charge is -2.33. The van der Waals surface area contributed by atoms with E-state index in [4.69, 9.17) is 4.74 Å². The van der Waals surface area contributed by atoms with Crippen molar-refractivity contribution in [1.29, 1.82) is 0 Å². The molecular formula is C12H25NO2. The average molecular weight is 215 g/mol. The summed E-state index contributed by atoms with van der Waals surface area (Å²) in [5, 5.41) is 9.39. The third-order valence-electron chi connectivity index (χ3n) is 3.38. The van der Waals surface area contributed by atoms with Gasteiger partial charge in [0, 0.05) is 38.3 Å². The van der Waals surface area contributed by atoms with E-state index in [1.54, 1.807) is 0 Å². The van der Waals surface area contributed by atoms with Gasteiger partial charge in [-0.05, 0) is 19.8 Å². The Morgan fingerprint density at radius 2 is 2.27 bits per heavy atom. The Labute approximate surface area is 93.4 Å². The van der Waals surface area contributed by atoms with E-state index in [9.17, 15) is 5.11 Å². The topological polar surface area (TPSA) is 32.7 Å². The minimum atomic E-state index is 0.0457. The minimum absolute atomic E-state index is 0.0457. The Bertz CT molecular complexity index is 180. The number of hydrogen-bond acceptors (Lipinski definition) is 3. The second-order valence-electron chi connectivity index (χ2n) is 5.09. The molecule has 3 heteroatoms. The molecule has 0 aromatic rings. The van der Waals surface area contributed by atoms with E-state index in [0.717, 1.165) is 39.1 Å². The number of ether oxygens (including phenoxy) is 1. The summed E-state index contributed by atoms with van der Waals surface area (Å²) in [7, 11) is 0. The first-order valence-corrected chi connectivity index (χ1v) is 6.04. The number of aliphatic hydroxyl groups is 1. The highest BCUT2D eigenvalue weighted by atomic mass is 16.5. The molecule has 0 radical (unpaired) electrons. The fourth-order valence-corrected chi connectivity index (χ4v) is 2.04. The maximum Gasteiger partial charge on any atom is 0.0673 e. The summed E-state index contributed by atoms with van der Waals surface area (Å²) < 4.78 is 5.61. The highest BCUT2D eigenvalue weighted by Crippen LogP contribution is 2.22. The second-order valence-corrected chi connectivity index (χ2v) is 5.09. The molecule has 1 aliphatic heterocycles. The van der Waals surface area contributed by atoms with Crippen LogP contribution in [0.1, 0.15) is 33.6 Å². The number of rotatable bonds is 4. The first-order chi connectivity index (χ1) is 7.09. The zero-order valence-electron chi connectivity index (χ0n) is 10.3. The average Bonchev–Trinajstić information content (AvgIpc) is 2.42. The van der Waals surface area contributed by atoms with Crippen LogP contribution in [-0.4, -0.2) is 49.0 Å². The Hall–Kier alpha value is -0.120. The highest BCUT2D eigenvalue weighted by molar-refractivity contribution is 4.78. The van der Waals surface area contributed by atoms with Crippen molar-refractivity contribution in [2.45, 2.75) is 39.7 Å². The van der Waals surface area contributed by atoms with Gasteiger partial charge in [0.25, 0.3) is 0 Å². The van der Waals surface area contributed by atoms with E-state index >= 15 is 0 Å². The predicted molar refractivity (Wildman–Crippen MR) is 62.0 cm³/mol. The molecule has 1 N–H and O–H groups in total. The molecule has 0 aliphatic carbocycles. The normalized spacial score (nSPS) is 28.4. The van der Waals surface area contributed by atoms with Gasteiger partial charge < -0.3 is 14.7 Å². The van der Waals surface area contributed by atoms with E-state index in [0.29, 0.717) is 6.10 Å². The molecule has 1 saturated heterocycles. The predicted octanol–water partition coefficient (Wildman–Crippen LogP) is 1.51. The highest BCUT2D eigenvalue weighted by Gasteiger charge is 2.26. The molecule has 1 rings (SSSR count). The summed E-state index contributed by atoms with van der Waals surface area (Å²) in [5.74, 6) is 0. The quantitative estimate of drug-likeness (QED) is 0.771. The lowest BCUT2D eigenvalue weighted by Crippen LogP contribution is -2.40. The second kappa shape index (κ2) is 5.83. The van der Waals surface area contributed by atoms with Gasteiger partial charge in [-0.2, -0.15) is 0 Å². The van der Waals surface area contributed by atoms with Crippen molar-refractivity contribution in [3.05, 3.63) is 0 Å². The molecule has 1 fully saturated rings. The molecule has 3 nitrogen and oxygen atoms in total. The Kier molecular flexibility index (Phi) is 5.03. The minimum Gasteiger partial charge on any atom is -0.396 e. The van der Waals surface area contributed by atoms with Crippen LogP contribution in [0, 0.1) is 5.41 Å². The van der Waals surface area contributed by atoms with Gasteiger partial charge in [-0.3, -0.25) is 0 Å². The third kappa shape index (κ3) is 4.09. The van der Waals surface area contributed by atoms with Gasteiger partial charge in [-0.25, -0.2) is 0 Å². The molecule has 2 unspecified atom stereocenters. The zero-order chi connectivity index (χ0) is 11.3. The molecule has 0 spiro atoms. The largest absolute Gasteiger partial charge is 0.396 e. The van der Waals surface area contributed by atoms with Crippen LogP contribution in [0.4, 0.5) is 0 Å². The molecule has 90 valence electrons. The molecule has 0 amide bonds. The van der Waals surface area contributed by atoms with Gasteiger partial charge in [0.15, 0.2) is 0 Å². The summed E-state index contributed by atoms with van der Waals surface area (Å²) in [4.78, 5) is 2.43. The van der Waals surface area contributed by atoms with Crippen LogP contribution >= 0.6 is 0 Å². The van der Waals surface area contributed by atoms with Gasteiger partial charge in [0.2, 0.25) is 0 Å². The number of aliphatic hydroxyl groups excluding tert-OH is 1. The van der Waals surface area contributed by atoms with Gasteiger partial charge in [0.1, 0.15) is 0 Å². The number of nitrogens with zero attached hydrogens (tertiary/aromatic N) is 1. The van der Waals surface area contributed by atoms with E-state index in [1.165, 1.54) is 0 Å². The standard InChI is InChI=1S/C12H25NO2/c1-4-12(3,10-14)9-13-6-5-7-15-11(2)8-13/h11,14H,4-10H2,1-3H3. The maximum absolute atomic E-state index is 9.39. The third-order valence-corrected chi connectivity index (χ3v) is 3.38. The van der Waals surface area contributed by atoms with Crippen LogP contribution in [0.2, 0.25) is 0 Å². The van der Waals surface area contributed by atoms with Crippen molar-refractivity contribution in [3.8, 4) is 0 Å². The van der Waals surface area contributed by atoms with Crippen LogP contribution in [-0.2, 0) is 4.74 Å².